The normalized spacial score (nSPS) is 10.7. The number of ether oxygens (including phenoxy) is 1. The Labute approximate surface area is 113 Å². The maximum Gasteiger partial charge on any atom is 0.355 e. The number of aromatic nitrogens is 1. The van der Waals surface area contributed by atoms with E-state index in [1.165, 1.54) is 5.56 Å². The molecule has 0 amide bonds. The summed E-state index contributed by atoms with van der Waals surface area (Å²) in [6, 6.07) is 10.2. The molecule has 0 saturated heterocycles. The summed E-state index contributed by atoms with van der Waals surface area (Å²) in [6.07, 6.45) is 1.76. The van der Waals surface area contributed by atoms with Crippen molar-refractivity contribution in [3.8, 4) is 11.1 Å². The van der Waals surface area contributed by atoms with Crippen molar-refractivity contribution in [2.75, 3.05) is 6.61 Å². The lowest BCUT2D eigenvalue weighted by atomic mass is 9.99. The van der Waals surface area contributed by atoms with Crippen LogP contribution in [0.25, 0.3) is 11.1 Å². The number of hydrogen-bond donors (Lipinski definition) is 1. The summed E-state index contributed by atoms with van der Waals surface area (Å²) in [5.74, 6) is 0.195. The Kier molecular flexibility index (Phi) is 4.05. The molecular formula is C16H19NO2. The highest BCUT2D eigenvalue weighted by molar-refractivity contribution is 5.95. The van der Waals surface area contributed by atoms with Crippen LogP contribution in [-0.4, -0.2) is 17.6 Å². The molecule has 0 spiro atoms. The van der Waals surface area contributed by atoms with Crippen LogP contribution in [0.5, 0.6) is 0 Å². The van der Waals surface area contributed by atoms with Crippen LogP contribution in [0.2, 0.25) is 0 Å². The molecule has 3 heteroatoms. The molecule has 19 heavy (non-hydrogen) atoms. The Morgan fingerprint density at radius 2 is 1.89 bits per heavy atom. The molecule has 100 valence electrons. The molecule has 0 aliphatic rings. The maximum absolute atomic E-state index is 11.8. The van der Waals surface area contributed by atoms with Gasteiger partial charge in [0.15, 0.2) is 0 Å². The third-order valence-electron chi connectivity index (χ3n) is 3.11. The quantitative estimate of drug-likeness (QED) is 0.842. The van der Waals surface area contributed by atoms with E-state index >= 15 is 0 Å². The van der Waals surface area contributed by atoms with E-state index in [1.54, 1.807) is 13.1 Å². The molecule has 2 aromatic rings. The van der Waals surface area contributed by atoms with Gasteiger partial charge in [0.05, 0.1) is 6.61 Å². The van der Waals surface area contributed by atoms with Crippen molar-refractivity contribution >= 4 is 5.97 Å². The van der Waals surface area contributed by atoms with E-state index in [9.17, 15) is 4.79 Å². The minimum absolute atomic E-state index is 0.310. The van der Waals surface area contributed by atoms with Crippen LogP contribution >= 0.6 is 0 Å². The number of benzene rings is 1. The van der Waals surface area contributed by atoms with E-state index in [2.05, 4.69) is 31.0 Å². The summed E-state index contributed by atoms with van der Waals surface area (Å²) in [5, 5.41) is 0. The fourth-order valence-electron chi connectivity index (χ4n) is 2.03. The Hall–Kier alpha value is -2.03. The second-order valence-electron chi connectivity index (χ2n) is 4.76. The third kappa shape index (κ3) is 2.87. The van der Waals surface area contributed by atoms with Gasteiger partial charge in [0.2, 0.25) is 0 Å². The monoisotopic (exact) mass is 257 g/mol. The van der Waals surface area contributed by atoms with Crippen molar-refractivity contribution in [1.82, 2.24) is 4.98 Å². The van der Waals surface area contributed by atoms with Gasteiger partial charge in [0, 0.05) is 11.8 Å². The van der Waals surface area contributed by atoms with Gasteiger partial charge in [-0.25, -0.2) is 4.79 Å². The van der Waals surface area contributed by atoms with Crippen molar-refractivity contribution in [3.05, 3.63) is 47.8 Å². The zero-order valence-corrected chi connectivity index (χ0v) is 11.6. The molecule has 1 aromatic heterocycles. The van der Waals surface area contributed by atoms with Gasteiger partial charge in [-0.15, -0.1) is 0 Å². The maximum atomic E-state index is 11.8. The highest BCUT2D eigenvalue weighted by atomic mass is 16.5. The zero-order valence-electron chi connectivity index (χ0n) is 11.6. The molecule has 1 aromatic carbocycles. The van der Waals surface area contributed by atoms with E-state index < -0.39 is 0 Å². The number of carbonyl (C=O) groups excluding carboxylic acids is 1. The summed E-state index contributed by atoms with van der Waals surface area (Å²) in [5.41, 5.74) is 3.71. The lowest BCUT2D eigenvalue weighted by Gasteiger charge is -2.07. The van der Waals surface area contributed by atoms with Crippen LogP contribution in [0.1, 0.15) is 42.7 Å². The fraction of sp³-hybridized carbons (Fsp3) is 0.312. The summed E-state index contributed by atoms with van der Waals surface area (Å²) in [6.45, 7) is 6.51. The Bertz CT molecular complexity index is 552. The average molecular weight is 257 g/mol. The van der Waals surface area contributed by atoms with E-state index in [1.807, 2.05) is 18.2 Å². The topological polar surface area (TPSA) is 42.1 Å². The van der Waals surface area contributed by atoms with Gasteiger partial charge in [-0.3, -0.25) is 0 Å². The third-order valence-corrected chi connectivity index (χ3v) is 3.11. The van der Waals surface area contributed by atoms with Crippen molar-refractivity contribution in [1.29, 1.82) is 0 Å². The van der Waals surface area contributed by atoms with Crippen LogP contribution in [0.3, 0.4) is 0 Å². The van der Waals surface area contributed by atoms with Crippen molar-refractivity contribution in [3.63, 3.8) is 0 Å². The minimum atomic E-state index is -0.310. The standard InChI is InChI=1S/C16H19NO2/c1-4-19-16(18)15-14(9-10-17-15)13-7-5-12(6-8-13)11(2)3/h5-11,17H,4H2,1-3H3. The highest BCUT2D eigenvalue weighted by Gasteiger charge is 2.15. The predicted molar refractivity (Wildman–Crippen MR) is 76.3 cm³/mol. The van der Waals surface area contributed by atoms with Crippen LogP contribution in [0, 0.1) is 0 Å². The van der Waals surface area contributed by atoms with Crippen LogP contribution in [0.4, 0.5) is 0 Å². The van der Waals surface area contributed by atoms with Crippen molar-refractivity contribution in [2.24, 2.45) is 0 Å². The summed E-state index contributed by atoms with van der Waals surface area (Å²) in [7, 11) is 0. The zero-order chi connectivity index (χ0) is 13.8. The van der Waals surface area contributed by atoms with Crippen molar-refractivity contribution < 1.29 is 9.53 Å². The van der Waals surface area contributed by atoms with E-state index in [0.717, 1.165) is 11.1 Å². The first-order valence-corrected chi connectivity index (χ1v) is 6.58. The molecule has 0 atom stereocenters. The second-order valence-corrected chi connectivity index (χ2v) is 4.76. The molecule has 3 nitrogen and oxygen atoms in total. The Morgan fingerprint density at radius 1 is 1.21 bits per heavy atom. The van der Waals surface area contributed by atoms with Gasteiger partial charge >= 0.3 is 5.97 Å². The Morgan fingerprint density at radius 3 is 2.47 bits per heavy atom. The number of carbonyl (C=O) groups is 1. The molecule has 0 unspecified atom stereocenters. The second kappa shape index (κ2) is 5.74. The van der Waals surface area contributed by atoms with E-state index in [4.69, 9.17) is 4.74 Å². The van der Waals surface area contributed by atoms with E-state index in [-0.39, 0.29) is 5.97 Å². The number of nitrogens with one attached hydrogen (secondary N) is 1. The average Bonchev–Trinajstić information content (AvgIpc) is 2.88. The molecule has 0 bridgehead atoms. The highest BCUT2D eigenvalue weighted by Crippen LogP contribution is 2.25. The molecule has 0 aliphatic carbocycles. The van der Waals surface area contributed by atoms with Gasteiger partial charge in [0.25, 0.3) is 0 Å². The first-order chi connectivity index (χ1) is 9.13. The number of esters is 1. The predicted octanol–water partition coefficient (Wildman–Crippen LogP) is 3.98. The minimum Gasteiger partial charge on any atom is -0.461 e. The number of H-pyrrole nitrogens is 1. The number of hydrogen-bond acceptors (Lipinski definition) is 2. The number of aromatic amines is 1. The molecule has 1 N–H and O–H groups in total. The van der Waals surface area contributed by atoms with E-state index in [0.29, 0.717) is 18.2 Å². The molecule has 0 aliphatic heterocycles. The lowest BCUT2D eigenvalue weighted by molar-refractivity contribution is 0.0521. The first kappa shape index (κ1) is 13.4. The number of rotatable bonds is 4. The SMILES string of the molecule is CCOC(=O)c1[nH]ccc1-c1ccc(C(C)C)cc1. The molecular weight excluding hydrogens is 238 g/mol. The molecule has 0 radical (unpaired) electrons. The van der Waals surface area contributed by atoms with Gasteiger partial charge in [-0.2, -0.15) is 0 Å². The van der Waals surface area contributed by atoms with Crippen LogP contribution in [-0.2, 0) is 4.74 Å². The van der Waals surface area contributed by atoms with Crippen LogP contribution in [0.15, 0.2) is 36.5 Å². The van der Waals surface area contributed by atoms with Gasteiger partial charge < -0.3 is 9.72 Å². The lowest BCUT2D eigenvalue weighted by Crippen LogP contribution is -2.06. The molecule has 0 saturated carbocycles. The van der Waals surface area contributed by atoms with Gasteiger partial charge in [-0.1, -0.05) is 38.1 Å². The van der Waals surface area contributed by atoms with Gasteiger partial charge in [-0.05, 0) is 30.0 Å². The molecule has 2 rings (SSSR count). The largest absolute Gasteiger partial charge is 0.461 e. The molecule has 0 fully saturated rings. The molecule has 1 heterocycles. The summed E-state index contributed by atoms with van der Waals surface area (Å²) in [4.78, 5) is 14.8. The summed E-state index contributed by atoms with van der Waals surface area (Å²) >= 11 is 0. The Balaban J connectivity index is 2.32. The van der Waals surface area contributed by atoms with Crippen LogP contribution < -0.4 is 0 Å². The smallest absolute Gasteiger partial charge is 0.355 e. The van der Waals surface area contributed by atoms with Gasteiger partial charge in [0.1, 0.15) is 5.69 Å². The summed E-state index contributed by atoms with van der Waals surface area (Å²) < 4.78 is 5.04. The fourth-order valence-corrected chi connectivity index (χ4v) is 2.03. The first-order valence-electron chi connectivity index (χ1n) is 6.58. The van der Waals surface area contributed by atoms with Crippen molar-refractivity contribution in [2.45, 2.75) is 26.7 Å².